The predicted molar refractivity (Wildman–Crippen MR) is 69.2 cm³/mol. The molecule has 86 valence electrons. The fourth-order valence-electron chi connectivity index (χ4n) is 1.37. The first-order chi connectivity index (χ1) is 7.49. The van der Waals surface area contributed by atoms with Crippen LogP contribution in [0.1, 0.15) is 18.9 Å². The van der Waals surface area contributed by atoms with Crippen LogP contribution in [-0.2, 0) is 4.79 Å². The van der Waals surface area contributed by atoms with E-state index in [1.165, 1.54) is 0 Å². The van der Waals surface area contributed by atoms with Gasteiger partial charge >= 0.3 is 0 Å². The first-order valence-electron chi connectivity index (χ1n) is 4.93. The van der Waals surface area contributed by atoms with E-state index in [9.17, 15) is 4.79 Å². The summed E-state index contributed by atoms with van der Waals surface area (Å²) in [5.74, 6) is -0.320. The molecule has 0 bridgehead atoms. The number of amides is 1. The number of rotatable bonds is 5. The van der Waals surface area contributed by atoms with E-state index >= 15 is 0 Å². The van der Waals surface area contributed by atoms with Crippen molar-refractivity contribution in [1.29, 1.82) is 0 Å². The van der Waals surface area contributed by atoms with Crippen LogP contribution in [0.15, 0.2) is 24.3 Å². The van der Waals surface area contributed by atoms with Gasteiger partial charge in [0, 0.05) is 23.7 Å². The molecule has 16 heavy (non-hydrogen) atoms. The highest BCUT2D eigenvalue weighted by Crippen LogP contribution is 2.11. The highest BCUT2D eigenvalue weighted by Gasteiger charge is 2.05. The third-order valence-corrected chi connectivity index (χ3v) is 2.33. The molecule has 0 saturated carbocycles. The lowest BCUT2D eigenvalue weighted by molar-refractivity contribution is -0.118. The third-order valence-electron chi connectivity index (χ3n) is 2.09. The van der Waals surface area contributed by atoms with Crippen LogP contribution >= 0.6 is 12.2 Å². The van der Waals surface area contributed by atoms with Crippen LogP contribution in [0.5, 0.6) is 0 Å². The summed E-state index contributed by atoms with van der Waals surface area (Å²) in [4.78, 5) is 11.1. The summed E-state index contributed by atoms with van der Waals surface area (Å²) in [6.07, 6.45) is 0.303. The van der Waals surface area contributed by atoms with Gasteiger partial charge in [-0.15, -0.1) is 0 Å². The zero-order valence-electron chi connectivity index (χ0n) is 9.07. The van der Waals surface area contributed by atoms with Crippen molar-refractivity contribution in [2.75, 3.05) is 5.32 Å². The Labute approximate surface area is 100 Å². The number of benzene rings is 1. The van der Waals surface area contributed by atoms with Gasteiger partial charge in [-0.2, -0.15) is 0 Å². The van der Waals surface area contributed by atoms with Gasteiger partial charge in [0.15, 0.2) is 0 Å². The molecule has 0 aromatic heterocycles. The second-order valence-corrected chi connectivity index (χ2v) is 4.10. The number of hydrogen-bond donors (Lipinski definition) is 3. The fourth-order valence-corrected chi connectivity index (χ4v) is 1.50. The topological polar surface area (TPSA) is 81.1 Å². The molecule has 1 amide bonds. The summed E-state index contributed by atoms with van der Waals surface area (Å²) in [5, 5.41) is 3.15. The molecule has 5 heteroatoms. The summed E-state index contributed by atoms with van der Waals surface area (Å²) in [5.41, 5.74) is 12.3. The van der Waals surface area contributed by atoms with Crippen LogP contribution in [0.4, 0.5) is 5.69 Å². The number of nitrogens with two attached hydrogens (primary N) is 2. The number of anilines is 1. The lowest BCUT2D eigenvalue weighted by atomic mass is 10.1. The molecule has 0 aliphatic carbocycles. The van der Waals surface area contributed by atoms with E-state index in [4.69, 9.17) is 23.7 Å². The van der Waals surface area contributed by atoms with E-state index in [1.807, 2.05) is 31.2 Å². The number of carbonyl (C=O) groups is 1. The van der Waals surface area contributed by atoms with Gasteiger partial charge in [0.1, 0.15) is 4.99 Å². The fraction of sp³-hybridized carbons (Fsp3) is 0.273. The molecule has 1 unspecified atom stereocenters. The van der Waals surface area contributed by atoms with Gasteiger partial charge in [-0.05, 0) is 31.2 Å². The Hall–Kier alpha value is -1.62. The summed E-state index contributed by atoms with van der Waals surface area (Å²) in [6, 6.07) is 7.41. The Morgan fingerprint density at radius 3 is 2.38 bits per heavy atom. The molecule has 5 N–H and O–H groups in total. The Bertz CT molecular complexity index is 389. The summed E-state index contributed by atoms with van der Waals surface area (Å²) < 4.78 is 0. The summed E-state index contributed by atoms with van der Waals surface area (Å²) in [7, 11) is 0. The largest absolute Gasteiger partial charge is 0.389 e. The van der Waals surface area contributed by atoms with Crippen LogP contribution in [0.2, 0.25) is 0 Å². The minimum absolute atomic E-state index is 0.00757. The average molecular weight is 237 g/mol. The number of primary amides is 1. The van der Waals surface area contributed by atoms with Gasteiger partial charge in [0.05, 0.1) is 0 Å². The number of carbonyl (C=O) groups excluding carboxylic acids is 1. The van der Waals surface area contributed by atoms with Gasteiger partial charge < -0.3 is 16.8 Å². The minimum Gasteiger partial charge on any atom is -0.389 e. The Morgan fingerprint density at radius 1 is 1.38 bits per heavy atom. The molecule has 4 nitrogen and oxygen atoms in total. The normalized spacial score (nSPS) is 11.8. The molecule has 1 aromatic rings. The zero-order valence-corrected chi connectivity index (χ0v) is 9.88. The van der Waals surface area contributed by atoms with Crippen LogP contribution in [0.25, 0.3) is 0 Å². The Balaban J connectivity index is 2.61. The van der Waals surface area contributed by atoms with Crippen molar-refractivity contribution in [2.24, 2.45) is 11.5 Å². The lowest BCUT2D eigenvalue weighted by Gasteiger charge is -2.13. The standard InChI is InChI=1S/C11H15N3OS/c1-7(6-10(12)15)14-9-4-2-8(3-5-9)11(13)16/h2-5,7,14H,6H2,1H3,(H2,12,15)(H2,13,16). The van der Waals surface area contributed by atoms with Crippen molar-refractivity contribution in [1.82, 2.24) is 0 Å². The van der Waals surface area contributed by atoms with Gasteiger partial charge in [-0.3, -0.25) is 4.79 Å². The first kappa shape index (κ1) is 12.4. The van der Waals surface area contributed by atoms with Gasteiger partial charge in [0.25, 0.3) is 0 Å². The molecule has 0 spiro atoms. The maximum atomic E-state index is 10.7. The average Bonchev–Trinajstić information content (AvgIpc) is 2.16. The van der Waals surface area contributed by atoms with Gasteiger partial charge in [-0.25, -0.2) is 0 Å². The zero-order chi connectivity index (χ0) is 12.1. The van der Waals surface area contributed by atoms with E-state index in [-0.39, 0.29) is 11.9 Å². The molecular formula is C11H15N3OS. The lowest BCUT2D eigenvalue weighted by Crippen LogP contribution is -2.24. The Morgan fingerprint density at radius 2 is 1.94 bits per heavy atom. The second-order valence-electron chi connectivity index (χ2n) is 3.66. The van der Waals surface area contributed by atoms with Crippen molar-refractivity contribution in [3.63, 3.8) is 0 Å². The van der Waals surface area contributed by atoms with Crippen LogP contribution in [0.3, 0.4) is 0 Å². The number of nitrogens with one attached hydrogen (secondary N) is 1. The van der Waals surface area contributed by atoms with Crippen molar-refractivity contribution in [2.45, 2.75) is 19.4 Å². The van der Waals surface area contributed by atoms with E-state index in [0.29, 0.717) is 11.4 Å². The minimum atomic E-state index is -0.320. The molecular weight excluding hydrogens is 222 g/mol. The van der Waals surface area contributed by atoms with Crippen molar-refractivity contribution in [3.05, 3.63) is 29.8 Å². The van der Waals surface area contributed by atoms with Crippen LogP contribution < -0.4 is 16.8 Å². The smallest absolute Gasteiger partial charge is 0.219 e. The van der Waals surface area contributed by atoms with E-state index in [1.54, 1.807) is 0 Å². The van der Waals surface area contributed by atoms with E-state index in [0.717, 1.165) is 11.3 Å². The van der Waals surface area contributed by atoms with Gasteiger partial charge in [-0.1, -0.05) is 12.2 Å². The summed E-state index contributed by atoms with van der Waals surface area (Å²) in [6.45, 7) is 1.90. The van der Waals surface area contributed by atoms with Crippen LogP contribution in [-0.4, -0.2) is 16.9 Å². The van der Waals surface area contributed by atoms with E-state index in [2.05, 4.69) is 5.32 Å². The molecule has 1 atom stereocenters. The third kappa shape index (κ3) is 3.86. The maximum absolute atomic E-state index is 10.7. The van der Waals surface area contributed by atoms with Crippen molar-refractivity contribution >= 4 is 28.8 Å². The highest BCUT2D eigenvalue weighted by molar-refractivity contribution is 7.80. The molecule has 1 rings (SSSR count). The quantitative estimate of drug-likeness (QED) is 0.667. The van der Waals surface area contributed by atoms with E-state index < -0.39 is 0 Å². The van der Waals surface area contributed by atoms with Gasteiger partial charge in [0.2, 0.25) is 5.91 Å². The molecule has 0 saturated heterocycles. The second kappa shape index (κ2) is 5.46. The maximum Gasteiger partial charge on any atom is 0.219 e. The molecule has 0 fully saturated rings. The monoisotopic (exact) mass is 237 g/mol. The highest BCUT2D eigenvalue weighted by atomic mass is 32.1. The molecule has 0 heterocycles. The molecule has 0 aliphatic rings. The van der Waals surface area contributed by atoms with Crippen molar-refractivity contribution in [3.8, 4) is 0 Å². The van der Waals surface area contributed by atoms with Crippen molar-refractivity contribution < 1.29 is 4.79 Å². The molecule has 1 aromatic carbocycles. The number of thiocarbonyl (C=S) groups is 1. The van der Waals surface area contributed by atoms with Crippen LogP contribution in [0, 0.1) is 0 Å². The molecule has 0 radical (unpaired) electrons. The first-order valence-corrected chi connectivity index (χ1v) is 5.34. The SMILES string of the molecule is CC(CC(N)=O)Nc1ccc(C(N)=S)cc1. The molecule has 0 aliphatic heterocycles. The number of hydrogen-bond acceptors (Lipinski definition) is 3. The Kier molecular flexibility index (Phi) is 4.25. The summed E-state index contributed by atoms with van der Waals surface area (Å²) >= 11 is 4.85. The predicted octanol–water partition coefficient (Wildman–Crippen LogP) is 0.997.